The Morgan fingerprint density at radius 2 is 1.62 bits per heavy atom. The summed E-state index contributed by atoms with van der Waals surface area (Å²) in [5, 5.41) is 11.3. The molecule has 2 aromatic rings. The van der Waals surface area contributed by atoms with Gasteiger partial charge in [0.25, 0.3) is 0 Å². The van der Waals surface area contributed by atoms with Crippen LogP contribution >= 0.6 is 0 Å². The molecule has 0 aliphatic rings. The highest BCUT2D eigenvalue weighted by Crippen LogP contribution is 2.32. The molecular formula is C21H30NO2+. The number of nitrogens with two attached hydrogens (primary N) is 1. The summed E-state index contributed by atoms with van der Waals surface area (Å²) in [7, 11) is 0. The van der Waals surface area contributed by atoms with Gasteiger partial charge in [-0.1, -0.05) is 56.3 Å². The normalized spacial score (nSPS) is 12.8. The minimum Gasteiger partial charge on any atom is -0.493 e. The third kappa shape index (κ3) is 5.36. The number of aliphatic hydroxyl groups is 1. The van der Waals surface area contributed by atoms with Crippen LogP contribution in [0.3, 0.4) is 0 Å². The number of aliphatic hydroxyl groups excluding tert-OH is 1. The van der Waals surface area contributed by atoms with Gasteiger partial charge >= 0.3 is 0 Å². The SMILES string of the molecule is C[C@H](O)C[NH2+]CCCOc1ccc(C(C)(C)c2ccccc2)cc1. The monoisotopic (exact) mass is 328 g/mol. The van der Waals surface area contributed by atoms with Gasteiger partial charge in [-0.3, -0.25) is 0 Å². The van der Waals surface area contributed by atoms with E-state index in [4.69, 9.17) is 4.74 Å². The fourth-order valence-corrected chi connectivity index (χ4v) is 2.77. The van der Waals surface area contributed by atoms with Crippen molar-refractivity contribution in [2.45, 2.75) is 38.7 Å². The zero-order valence-corrected chi connectivity index (χ0v) is 15.0. The van der Waals surface area contributed by atoms with E-state index in [1.54, 1.807) is 0 Å². The number of hydrogen-bond acceptors (Lipinski definition) is 2. The minimum absolute atomic E-state index is 0.0181. The average Bonchev–Trinajstić information content (AvgIpc) is 2.59. The molecule has 3 N–H and O–H groups in total. The molecule has 2 aromatic carbocycles. The van der Waals surface area contributed by atoms with Crippen LogP contribution < -0.4 is 10.1 Å². The van der Waals surface area contributed by atoms with E-state index >= 15 is 0 Å². The molecule has 0 radical (unpaired) electrons. The van der Waals surface area contributed by atoms with E-state index in [9.17, 15) is 5.11 Å². The van der Waals surface area contributed by atoms with E-state index in [1.165, 1.54) is 11.1 Å². The highest BCUT2D eigenvalue weighted by molar-refractivity contribution is 5.39. The first-order valence-corrected chi connectivity index (χ1v) is 8.79. The van der Waals surface area contributed by atoms with E-state index in [0.29, 0.717) is 6.61 Å². The fraction of sp³-hybridized carbons (Fsp3) is 0.429. The molecule has 24 heavy (non-hydrogen) atoms. The molecular weight excluding hydrogens is 298 g/mol. The second-order valence-corrected chi connectivity index (χ2v) is 6.88. The van der Waals surface area contributed by atoms with E-state index in [1.807, 2.05) is 6.92 Å². The maximum Gasteiger partial charge on any atom is 0.119 e. The number of quaternary nitrogens is 1. The van der Waals surface area contributed by atoms with Crippen molar-refractivity contribution in [2.75, 3.05) is 19.7 Å². The highest BCUT2D eigenvalue weighted by Gasteiger charge is 2.22. The quantitative estimate of drug-likeness (QED) is 0.695. The van der Waals surface area contributed by atoms with Crippen LogP contribution in [0.5, 0.6) is 5.75 Å². The Hall–Kier alpha value is -1.84. The zero-order chi connectivity index (χ0) is 17.4. The summed E-state index contributed by atoms with van der Waals surface area (Å²) in [4.78, 5) is 0. The Labute approximate surface area is 145 Å². The smallest absolute Gasteiger partial charge is 0.119 e. The van der Waals surface area contributed by atoms with Crippen LogP contribution in [0.1, 0.15) is 38.3 Å². The first-order valence-electron chi connectivity index (χ1n) is 8.79. The molecule has 1 atom stereocenters. The van der Waals surface area contributed by atoms with Gasteiger partial charge in [-0.2, -0.15) is 0 Å². The molecule has 0 aromatic heterocycles. The Kier molecular flexibility index (Phi) is 6.83. The summed E-state index contributed by atoms with van der Waals surface area (Å²) in [5.74, 6) is 0.915. The third-order valence-electron chi connectivity index (χ3n) is 4.40. The van der Waals surface area contributed by atoms with Crippen LogP contribution in [0, 0.1) is 0 Å². The maximum absolute atomic E-state index is 9.20. The lowest BCUT2D eigenvalue weighted by atomic mass is 9.78. The van der Waals surface area contributed by atoms with Crippen molar-refractivity contribution >= 4 is 0 Å². The Bertz CT molecular complexity index is 591. The van der Waals surface area contributed by atoms with Crippen molar-refractivity contribution in [3.63, 3.8) is 0 Å². The van der Waals surface area contributed by atoms with Gasteiger partial charge in [-0.25, -0.2) is 0 Å². The highest BCUT2D eigenvalue weighted by atomic mass is 16.5. The summed E-state index contributed by atoms with van der Waals surface area (Å²) in [5.41, 5.74) is 2.58. The van der Waals surface area contributed by atoms with E-state index in [2.05, 4.69) is 73.8 Å². The van der Waals surface area contributed by atoms with Crippen LogP contribution in [-0.4, -0.2) is 30.9 Å². The van der Waals surface area contributed by atoms with Gasteiger partial charge in [-0.05, 0) is 30.2 Å². The van der Waals surface area contributed by atoms with Crippen LogP contribution in [-0.2, 0) is 5.41 Å². The van der Waals surface area contributed by atoms with Crippen molar-refractivity contribution in [3.8, 4) is 5.75 Å². The summed E-state index contributed by atoms with van der Waals surface area (Å²) < 4.78 is 5.80. The first kappa shape index (κ1) is 18.5. The standard InChI is InChI=1S/C21H29NO2/c1-17(23)16-22-14-7-15-24-20-12-10-19(11-13-20)21(2,3)18-8-5-4-6-9-18/h4-6,8-13,17,22-23H,7,14-16H2,1-3H3/p+1/t17-/m0/s1. The molecule has 3 heteroatoms. The molecule has 130 valence electrons. The topological polar surface area (TPSA) is 46.1 Å². The predicted molar refractivity (Wildman–Crippen MR) is 98.5 cm³/mol. The van der Waals surface area contributed by atoms with Gasteiger partial charge in [0.05, 0.1) is 19.3 Å². The molecule has 0 saturated carbocycles. The van der Waals surface area contributed by atoms with Crippen molar-refractivity contribution in [3.05, 3.63) is 65.7 Å². The lowest BCUT2D eigenvalue weighted by molar-refractivity contribution is -0.660. The molecule has 0 saturated heterocycles. The van der Waals surface area contributed by atoms with Crippen LogP contribution in [0.2, 0.25) is 0 Å². The molecule has 0 bridgehead atoms. The van der Waals surface area contributed by atoms with E-state index in [0.717, 1.165) is 25.3 Å². The Balaban J connectivity index is 1.85. The molecule has 0 aliphatic carbocycles. The average molecular weight is 328 g/mol. The van der Waals surface area contributed by atoms with E-state index < -0.39 is 0 Å². The van der Waals surface area contributed by atoms with Crippen LogP contribution in [0.15, 0.2) is 54.6 Å². The number of rotatable bonds is 9. The number of ether oxygens (including phenoxy) is 1. The Morgan fingerprint density at radius 3 is 2.25 bits per heavy atom. The molecule has 2 rings (SSSR count). The van der Waals surface area contributed by atoms with Crippen molar-refractivity contribution in [1.82, 2.24) is 0 Å². The molecule has 3 nitrogen and oxygen atoms in total. The molecule has 0 heterocycles. The number of hydrogen-bond donors (Lipinski definition) is 2. The lowest BCUT2D eigenvalue weighted by Crippen LogP contribution is -2.86. The first-order chi connectivity index (χ1) is 11.5. The van der Waals surface area contributed by atoms with Crippen LogP contribution in [0.4, 0.5) is 0 Å². The zero-order valence-electron chi connectivity index (χ0n) is 15.0. The summed E-state index contributed by atoms with van der Waals surface area (Å²) in [6.07, 6.45) is 0.732. The second kappa shape index (κ2) is 8.86. The Morgan fingerprint density at radius 1 is 1.00 bits per heavy atom. The van der Waals surface area contributed by atoms with Crippen molar-refractivity contribution in [2.24, 2.45) is 0 Å². The largest absolute Gasteiger partial charge is 0.493 e. The molecule has 0 amide bonds. The van der Waals surface area contributed by atoms with Gasteiger partial charge in [0, 0.05) is 11.8 Å². The number of benzene rings is 2. The van der Waals surface area contributed by atoms with Crippen molar-refractivity contribution in [1.29, 1.82) is 0 Å². The van der Waals surface area contributed by atoms with E-state index in [-0.39, 0.29) is 11.5 Å². The molecule has 0 fully saturated rings. The summed E-state index contributed by atoms with van der Waals surface area (Å²) in [6, 6.07) is 19.0. The molecule has 0 aliphatic heterocycles. The van der Waals surface area contributed by atoms with Gasteiger partial charge in [0.2, 0.25) is 0 Å². The lowest BCUT2D eigenvalue weighted by Gasteiger charge is -2.26. The van der Waals surface area contributed by atoms with Gasteiger partial charge in [-0.15, -0.1) is 0 Å². The van der Waals surface area contributed by atoms with Gasteiger partial charge in [0.15, 0.2) is 0 Å². The van der Waals surface area contributed by atoms with Gasteiger partial charge in [0.1, 0.15) is 12.3 Å². The second-order valence-electron chi connectivity index (χ2n) is 6.88. The minimum atomic E-state index is -0.244. The van der Waals surface area contributed by atoms with Gasteiger partial charge < -0.3 is 15.2 Å². The summed E-state index contributed by atoms with van der Waals surface area (Å²) >= 11 is 0. The fourth-order valence-electron chi connectivity index (χ4n) is 2.77. The predicted octanol–water partition coefficient (Wildman–Crippen LogP) is 2.73. The molecule has 0 spiro atoms. The third-order valence-corrected chi connectivity index (χ3v) is 4.40. The van der Waals surface area contributed by atoms with Crippen molar-refractivity contribution < 1.29 is 15.2 Å². The van der Waals surface area contributed by atoms with Crippen LogP contribution in [0.25, 0.3) is 0 Å². The molecule has 0 unspecified atom stereocenters. The summed E-state index contributed by atoms with van der Waals surface area (Å²) in [6.45, 7) is 8.74. The maximum atomic E-state index is 9.20.